The van der Waals surface area contributed by atoms with Crippen molar-refractivity contribution >= 4 is 11.8 Å². The van der Waals surface area contributed by atoms with E-state index in [4.69, 9.17) is 0 Å². The first kappa shape index (κ1) is 11.4. The smallest absolute Gasteiger partial charge is 0.226 e. The fourth-order valence-corrected chi connectivity index (χ4v) is 1.32. The van der Waals surface area contributed by atoms with Gasteiger partial charge in [0.15, 0.2) is 0 Å². The van der Waals surface area contributed by atoms with Gasteiger partial charge in [0.1, 0.15) is 0 Å². The van der Waals surface area contributed by atoms with E-state index in [2.05, 4.69) is 0 Å². The molecule has 80 valence electrons. The number of carbonyl (C=O) groups is 2. The Morgan fingerprint density at radius 3 is 1.93 bits per heavy atom. The van der Waals surface area contributed by atoms with Crippen molar-refractivity contribution in [2.24, 2.45) is 0 Å². The predicted octanol–water partition coefficient (Wildman–Crippen LogP) is 1.89. The Bertz CT molecular complexity index is 354. The van der Waals surface area contributed by atoms with Crippen LogP contribution in [0.4, 0.5) is 0 Å². The SMILES string of the molecule is CC(=O)N(Cc1ccc(C)cc1)C(C)=O. The van der Waals surface area contributed by atoms with Gasteiger partial charge in [0.05, 0.1) is 6.54 Å². The minimum atomic E-state index is -0.219. The van der Waals surface area contributed by atoms with E-state index in [9.17, 15) is 9.59 Å². The zero-order valence-corrected chi connectivity index (χ0v) is 9.28. The number of nitrogens with zero attached hydrogens (tertiary/aromatic N) is 1. The number of rotatable bonds is 2. The van der Waals surface area contributed by atoms with Gasteiger partial charge in [-0.25, -0.2) is 0 Å². The molecule has 0 spiro atoms. The van der Waals surface area contributed by atoms with Gasteiger partial charge >= 0.3 is 0 Å². The molecule has 0 unspecified atom stereocenters. The van der Waals surface area contributed by atoms with E-state index < -0.39 is 0 Å². The fraction of sp³-hybridized carbons (Fsp3) is 0.333. The van der Waals surface area contributed by atoms with Crippen LogP contribution in [-0.4, -0.2) is 16.7 Å². The lowest BCUT2D eigenvalue weighted by Crippen LogP contribution is -2.32. The van der Waals surface area contributed by atoms with Crippen molar-refractivity contribution < 1.29 is 9.59 Å². The summed E-state index contributed by atoms with van der Waals surface area (Å²) in [6, 6.07) is 7.78. The van der Waals surface area contributed by atoms with Gasteiger partial charge < -0.3 is 0 Å². The van der Waals surface area contributed by atoms with Crippen molar-refractivity contribution in [3.63, 3.8) is 0 Å². The van der Waals surface area contributed by atoms with Crippen LogP contribution in [0.15, 0.2) is 24.3 Å². The highest BCUT2D eigenvalue weighted by molar-refractivity contribution is 5.92. The summed E-state index contributed by atoms with van der Waals surface area (Å²) in [7, 11) is 0. The molecule has 1 aromatic rings. The number of benzene rings is 1. The van der Waals surface area contributed by atoms with Crippen LogP contribution in [0.3, 0.4) is 0 Å². The van der Waals surface area contributed by atoms with Gasteiger partial charge in [-0.05, 0) is 12.5 Å². The predicted molar refractivity (Wildman–Crippen MR) is 58.1 cm³/mol. The molecule has 1 aromatic carbocycles. The van der Waals surface area contributed by atoms with Crippen LogP contribution < -0.4 is 0 Å². The maximum absolute atomic E-state index is 11.2. The van der Waals surface area contributed by atoms with Gasteiger partial charge in [-0.3, -0.25) is 14.5 Å². The molecule has 0 aliphatic rings. The van der Waals surface area contributed by atoms with Crippen LogP contribution in [0.2, 0.25) is 0 Å². The lowest BCUT2D eigenvalue weighted by atomic mass is 10.1. The van der Waals surface area contributed by atoms with Gasteiger partial charge in [0.2, 0.25) is 11.8 Å². The lowest BCUT2D eigenvalue weighted by Gasteiger charge is -2.16. The van der Waals surface area contributed by atoms with Crippen LogP contribution in [0.25, 0.3) is 0 Å². The molecule has 0 saturated carbocycles. The number of imide groups is 1. The number of hydrogen-bond donors (Lipinski definition) is 0. The second kappa shape index (κ2) is 4.73. The normalized spacial score (nSPS) is 9.80. The van der Waals surface area contributed by atoms with Crippen molar-refractivity contribution in [3.8, 4) is 0 Å². The van der Waals surface area contributed by atoms with Gasteiger partial charge in [-0.2, -0.15) is 0 Å². The van der Waals surface area contributed by atoms with E-state index in [1.54, 1.807) is 0 Å². The summed E-state index contributed by atoms with van der Waals surface area (Å²) in [5.74, 6) is -0.439. The molecule has 3 heteroatoms. The molecule has 0 saturated heterocycles. The molecular formula is C12H15NO2. The van der Waals surface area contributed by atoms with E-state index in [1.807, 2.05) is 31.2 Å². The molecule has 0 fully saturated rings. The number of amides is 2. The topological polar surface area (TPSA) is 37.4 Å². The summed E-state index contributed by atoms with van der Waals surface area (Å²) in [6.07, 6.45) is 0. The van der Waals surface area contributed by atoms with Gasteiger partial charge in [-0.1, -0.05) is 29.8 Å². The van der Waals surface area contributed by atoms with Gasteiger partial charge in [0, 0.05) is 13.8 Å². The summed E-state index contributed by atoms with van der Waals surface area (Å²) in [4.78, 5) is 23.6. The molecule has 0 heterocycles. The maximum atomic E-state index is 11.2. The zero-order valence-electron chi connectivity index (χ0n) is 9.28. The number of aryl methyl sites for hydroxylation is 1. The minimum absolute atomic E-state index is 0.219. The fourth-order valence-electron chi connectivity index (χ4n) is 1.32. The van der Waals surface area contributed by atoms with Crippen molar-refractivity contribution in [3.05, 3.63) is 35.4 Å². The van der Waals surface area contributed by atoms with Crippen LogP contribution >= 0.6 is 0 Å². The standard InChI is InChI=1S/C12H15NO2/c1-9-4-6-12(7-5-9)8-13(10(2)14)11(3)15/h4-7H,8H2,1-3H3. The second-order valence-corrected chi connectivity index (χ2v) is 3.61. The van der Waals surface area contributed by atoms with E-state index in [0.29, 0.717) is 6.54 Å². The maximum Gasteiger partial charge on any atom is 0.226 e. The molecule has 2 amide bonds. The Hall–Kier alpha value is -1.64. The van der Waals surface area contributed by atoms with Gasteiger partial charge in [-0.15, -0.1) is 0 Å². The minimum Gasteiger partial charge on any atom is -0.279 e. The van der Waals surface area contributed by atoms with Crippen LogP contribution in [-0.2, 0) is 16.1 Å². The van der Waals surface area contributed by atoms with Crippen LogP contribution in [0.5, 0.6) is 0 Å². The Morgan fingerprint density at radius 2 is 1.53 bits per heavy atom. The molecule has 0 bridgehead atoms. The summed E-state index contributed by atoms with van der Waals surface area (Å²) in [5.41, 5.74) is 2.13. The molecular weight excluding hydrogens is 190 g/mol. The zero-order chi connectivity index (χ0) is 11.4. The third-order valence-corrected chi connectivity index (χ3v) is 2.22. The largest absolute Gasteiger partial charge is 0.279 e. The molecule has 0 N–H and O–H groups in total. The molecule has 0 aromatic heterocycles. The molecule has 0 atom stereocenters. The van der Waals surface area contributed by atoms with E-state index >= 15 is 0 Å². The summed E-state index contributed by atoms with van der Waals surface area (Å²) < 4.78 is 0. The molecule has 15 heavy (non-hydrogen) atoms. The number of carbonyl (C=O) groups excluding carboxylic acids is 2. The van der Waals surface area contributed by atoms with Crippen molar-refractivity contribution in [1.82, 2.24) is 4.90 Å². The second-order valence-electron chi connectivity index (χ2n) is 3.61. The Balaban J connectivity index is 2.79. The third-order valence-electron chi connectivity index (χ3n) is 2.22. The average Bonchev–Trinajstić information content (AvgIpc) is 2.15. The lowest BCUT2D eigenvalue weighted by molar-refractivity contribution is -0.142. The summed E-state index contributed by atoms with van der Waals surface area (Å²) in [6.45, 7) is 5.15. The van der Waals surface area contributed by atoms with Crippen molar-refractivity contribution in [2.75, 3.05) is 0 Å². The summed E-state index contributed by atoms with van der Waals surface area (Å²) in [5, 5.41) is 0. The molecule has 0 aliphatic heterocycles. The van der Waals surface area contributed by atoms with Crippen molar-refractivity contribution in [2.45, 2.75) is 27.3 Å². The molecule has 1 rings (SSSR count). The van der Waals surface area contributed by atoms with E-state index in [0.717, 1.165) is 11.1 Å². The van der Waals surface area contributed by atoms with E-state index in [1.165, 1.54) is 18.7 Å². The molecule has 3 nitrogen and oxygen atoms in total. The van der Waals surface area contributed by atoms with Gasteiger partial charge in [0.25, 0.3) is 0 Å². The molecule has 0 radical (unpaired) electrons. The van der Waals surface area contributed by atoms with E-state index in [-0.39, 0.29) is 11.8 Å². The average molecular weight is 205 g/mol. The quantitative estimate of drug-likeness (QED) is 0.739. The Kier molecular flexibility index (Phi) is 3.61. The highest BCUT2D eigenvalue weighted by Crippen LogP contribution is 2.07. The monoisotopic (exact) mass is 205 g/mol. The van der Waals surface area contributed by atoms with Crippen molar-refractivity contribution in [1.29, 1.82) is 0 Å². The highest BCUT2D eigenvalue weighted by Gasteiger charge is 2.13. The first-order chi connectivity index (χ1) is 7.00. The molecule has 0 aliphatic carbocycles. The third kappa shape index (κ3) is 3.20. The Morgan fingerprint density at radius 1 is 1.07 bits per heavy atom. The first-order valence-corrected chi connectivity index (χ1v) is 4.85. The highest BCUT2D eigenvalue weighted by atomic mass is 16.2. The summed E-state index contributed by atoms with van der Waals surface area (Å²) >= 11 is 0. The first-order valence-electron chi connectivity index (χ1n) is 4.85. The van der Waals surface area contributed by atoms with Crippen LogP contribution in [0, 0.1) is 6.92 Å². The Labute approximate surface area is 89.7 Å². The number of hydrogen-bond acceptors (Lipinski definition) is 2. The van der Waals surface area contributed by atoms with Crippen LogP contribution in [0.1, 0.15) is 25.0 Å².